The molecule has 1 saturated heterocycles. The van der Waals surface area contributed by atoms with E-state index >= 15 is 0 Å². The van der Waals surface area contributed by atoms with Crippen LogP contribution in [0.3, 0.4) is 0 Å². The first-order valence-electron chi connectivity index (χ1n) is 8.19. The highest BCUT2D eigenvalue weighted by molar-refractivity contribution is 4.88. The number of halogens is 2. The summed E-state index contributed by atoms with van der Waals surface area (Å²) in [6.07, 6.45) is 4.08. The van der Waals surface area contributed by atoms with E-state index in [4.69, 9.17) is 0 Å². The fourth-order valence-corrected chi connectivity index (χ4v) is 3.87. The maximum atomic E-state index is 13.5. The summed E-state index contributed by atoms with van der Waals surface area (Å²) < 4.78 is 27.0. The third-order valence-corrected chi connectivity index (χ3v) is 4.91. The first kappa shape index (κ1) is 16.2. The Morgan fingerprint density at radius 3 is 2.40 bits per heavy atom. The zero-order chi connectivity index (χ0) is 14.8. The molecule has 20 heavy (non-hydrogen) atoms. The molecule has 1 atom stereocenters. The number of alkyl halides is 2. The van der Waals surface area contributed by atoms with Gasteiger partial charge in [0.15, 0.2) is 0 Å². The second kappa shape index (κ2) is 6.69. The Kier molecular flexibility index (Phi) is 5.41. The van der Waals surface area contributed by atoms with E-state index in [0.717, 1.165) is 38.9 Å². The highest BCUT2D eigenvalue weighted by Gasteiger charge is 2.39. The zero-order valence-electron chi connectivity index (χ0n) is 13.2. The lowest BCUT2D eigenvalue weighted by Gasteiger charge is -2.43. The second-order valence-electron chi connectivity index (χ2n) is 7.21. The van der Waals surface area contributed by atoms with Crippen molar-refractivity contribution >= 4 is 0 Å². The van der Waals surface area contributed by atoms with Gasteiger partial charge in [-0.25, -0.2) is 8.78 Å². The Labute approximate surface area is 122 Å². The summed E-state index contributed by atoms with van der Waals surface area (Å²) >= 11 is 0. The van der Waals surface area contributed by atoms with Crippen LogP contribution in [0.2, 0.25) is 0 Å². The first-order valence-corrected chi connectivity index (χ1v) is 8.19. The van der Waals surface area contributed by atoms with E-state index in [1.165, 1.54) is 0 Å². The van der Waals surface area contributed by atoms with Crippen LogP contribution in [0.25, 0.3) is 0 Å². The minimum atomic E-state index is -2.42. The molecule has 1 aliphatic carbocycles. The second-order valence-corrected chi connectivity index (χ2v) is 7.21. The van der Waals surface area contributed by atoms with Gasteiger partial charge in [0, 0.05) is 31.5 Å². The summed E-state index contributed by atoms with van der Waals surface area (Å²) in [5, 5.41) is 0. The Balaban J connectivity index is 1.79. The number of hydrogen-bond donors (Lipinski definition) is 0. The third-order valence-electron chi connectivity index (χ3n) is 4.91. The molecular weight excluding hydrogens is 258 g/mol. The van der Waals surface area contributed by atoms with E-state index in [0.29, 0.717) is 18.4 Å². The van der Waals surface area contributed by atoms with Crippen molar-refractivity contribution in [2.45, 2.75) is 70.4 Å². The Morgan fingerprint density at radius 2 is 1.85 bits per heavy atom. The van der Waals surface area contributed by atoms with Gasteiger partial charge in [-0.2, -0.15) is 0 Å². The highest BCUT2D eigenvalue weighted by Crippen LogP contribution is 2.36. The molecule has 1 saturated carbocycles. The molecule has 1 unspecified atom stereocenters. The number of rotatable bonds is 4. The molecule has 4 heteroatoms. The molecule has 0 bridgehead atoms. The average Bonchev–Trinajstić information content (AvgIpc) is 2.37. The summed E-state index contributed by atoms with van der Waals surface area (Å²) in [5.41, 5.74) is 0. The van der Waals surface area contributed by atoms with Crippen LogP contribution in [-0.2, 0) is 0 Å². The molecule has 1 aliphatic heterocycles. The Hall–Kier alpha value is -0.220. The smallest absolute Gasteiger partial charge is 0.249 e. The van der Waals surface area contributed by atoms with Crippen molar-refractivity contribution in [3.05, 3.63) is 0 Å². The van der Waals surface area contributed by atoms with Gasteiger partial charge in [0.25, 0.3) is 0 Å². The van der Waals surface area contributed by atoms with Crippen LogP contribution in [0.5, 0.6) is 0 Å². The van der Waals surface area contributed by atoms with Crippen LogP contribution in [0, 0.1) is 5.92 Å². The molecule has 2 rings (SSSR count). The minimum absolute atomic E-state index is 0.0828. The van der Waals surface area contributed by atoms with Gasteiger partial charge in [0.05, 0.1) is 0 Å². The van der Waals surface area contributed by atoms with Crippen LogP contribution in [-0.4, -0.2) is 54.5 Å². The van der Waals surface area contributed by atoms with E-state index in [1.54, 1.807) is 0 Å². The molecular formula is C16H30F2N2. The maximum Gasteiger partial charge on any atom is 0.249 e. The Bertz CT molecular complexity index is 299. The molecule has 2 nitrogen and oxygen atoms in total. The number of piperidine rings is 1. The topological polar surface area (TPSA) is 6.48 Å². The van der Waals surface area contributed by atoms with Crippen LogP contribution in [0.15, 0.2) is 0 Å². The van der Waals surface area contributed by atoms with Crippen molar-refractivity contribution in [1.29, 1.82) is 0 Å². The third kappa shape index (κ3) is 4.39. The average molecular weight is 288 g/mol. The van der Waals surface area contributed by atoms with Crippen molar-refractivity contribution < 1.29 is 8.78 Å². The van der Waals surface area contributed by atoms with E-state index in [9.17, 15) is 8.78 Å². The molecule has 0 spiro atoms. The molecule has 1 heterocycles. The van der Waals surface area contributed by atoms with Crippen molar-refractivity contribution in [3.8, 4) is 0 Å². The van der Waals surface area contributed by atoms with Crippen LogP contribution >= 0.6 is 0 Å². The number of likely N-dealkylation sites (tertiary alicyclic amines) is 1. The van der Waals surface area contributed by atoms with Crippen molar-refractivity contribution in [3.63, 3.8) is 0 Å². The highest BCUT2D eigenvalue weighted by atomic mass is 19.3. The van der Waals surface area contributed by atoms with Gasteiger partial charge in [-0.3, -0.25) is 0 Å². The van der Waals surface area contributed by atoms with Crippen LogP contribution in [0.4, 0.5) is 8.78 Å². The molecule has 0 N–H and O–H groups in total. The zero-order valence-corrected chi connectivity index (χ0v) is 13.2. The predicted octanol–water partition coefficient (Wildman–Crippen LogP) is 3.62. The summed E-state index contributed by atoms with van der Waals surface area (Å²) in [4.78, 5) is 4.78. The van der Waals surface area contributed by atoms with E-state index < -0.39 is 5.92 Å². The van der Waals surface area contributed by atoms with Crippen LogP contribution < -0.4 is 0 Å². The molecule has 0 aromatic rings. The fraction of sp³-hybridized carbons (Fsp3) is 1.00. The molecule has 0 radical (unpaired) electrons. The first-order chi connectivity index (χ1) is 9.37. The van der Waals surface area contributed by atoms with Gasteiger partial charge in [-0.05, 0) is 51.7 Å². The Morgan fingerprint density at radius 1 is 1.20 bits per heavy atom. The molecule has 2 fully saturated rings. The van der Waals surface area contributed by atoms with Gasteiger partial charge in [0.1, 0.15) is 0 Å². The fourth-order valence-electron chi connectivity index (χ4n) is 3.87. The summed E-state index contributed by atoms with van der Waals surface area (Å²) in [7, 11) is 2.20. The van der Waals surface area contributed by atoms with Crippen LogP contribution in [0.1, 0.15) is 52.4 Å². The van der Waals surface area contributed by atoms with Crippen molar-refractivity contribution in [2.24, 2.45) is 5.92 Å². The van der Waals surface area contributed by atoms with Crippen molar-refractivity contribution in [1.82, 2.24) is 9.80 Å². The normalized spacial score (nSPS) is 29.2. The van der Waals surface area contributed by atoms with Gasteiger partial charge in [0.2, 0.25) is 5.92 Å². The monoisotopic (exact) mass is 288 g/mol. The van der Waals surface area contributed by atoms with Gasteiger partial charge in [-0.1, -0.05) is 13.8 Å². The molecule has 118 valence electrons. The standard InChI is InChI=1S/C16H30F2N2/c1-13(2)12-19(3)14-6-9-20(10-7-14)15-5-4-8-16(17,18)11-15/h13-15H,4-12H2,1-3H3. The summed E-state index contributed by atoms with van der Waals surface area (Å²) in [5.74, 6) is -1.73. The summed E-state index contributed by atoms with van der Waals surface area (Å²) in [6.45, 7) is 7.61. The maximum absolute atomic E-state index is 13.5. The van der Waals surface area contributed by atoms with Gasteiger partial charge < -0.3 is 9.80 Å². The SMILES string of the molecule is CC(C)CN(C)C1CCN(C2CCCC(F)(F)C2)CC1. The summed E-state index contributed by atoms with van der Waals surface area (Å²) in [6, 6.07) is 0.757. The largest absolute Gasteiger partial charge is 0.303 e. The van der Waals surface area contributed by atoms with E-state index in [-0.39, 0.29) is 18.9 Å². The molecule has 2 aliphatic rings. The van der Waals surface area contributed by atoms with E-state index in [2.05, 4.69) is 30.7 Å². The van der Waals surface area contributed by atoms with Gasteiger partial charge >= 0.3 is 0 Å². The lowest BCUT2D eigenvalue weighted by molar-refractivity contribution is -0.0683. The lowest BCUT2D eigenvalue weighted by atomic mass is 9.89. The van der Waals surface area contributed by atoms with Crippen molar-refractivity contribution in [2.75, 3.05) is 26.7 Å². The lowest BCUT2D eigenvalue weighted by Crippen LogP contribution is -2.50. The number of nitrogens with zero attached hydrogens (tertiary/aromatic N) is 2. The van der Waals surface area contributed by atoms with Gasteiger partial charge in [-0.15, -0.1) is 0 Å². The quantitative estimate of drug-likeness (QED) is 0.779. The molecule has 0 amide bonds. The minimum Gasteiger partial charge on any atom is -0.303 e. The number of hydrogen-bond acceptors (Lipinski definition) is 2. The molecule has 0 aromatic heterocycles. The van der Waals surface area contributed by atoms with E-state index in [1.807, 2.05) is 0 Å². The molecule has 0 aromatic carbocycles. The predicted molar refractivity (Wildman–Crippen MR) is 79.3 cm³/mol.